The molecule has 3 heteroatoms. The van der Waals surface area contributed by atoms with Crippen molar-refractivity contribution in [2.75, 3.05) is 6.54 Å². The van der Waals surface area contributed by atoms with Crippen LogP contribution in [0.25, 0.3) is 0 Å². The van der Waals surface area contributed by atoms with Crippen LogP contribution in [-0.2, 0) is 4.79 Å². The molecular formula is C11H19NO2. The van der Waals surface area contributed by atoms with E-state index in [1.54, 1.807) is 0 Å². The molecule has 0 aromatic carbocycles. The molecule has 0 aromatic rings. The molecule has 80 valence electrons. The van der Waals surface area contributed by atoms with Gasteiger partial charge >= 0.3 is 5.97 Å². The summed E-state index contributed by atoms with van der Waals surface area (Å²) in [5.74, 6) is 0.584. The lowest BCUT2D eigenvalue weighted by molar-refractivity contribution is -0.140. The summed E-state index contributed by atoms with van der Waals surface area (Å²) in [7, 11) is 0. The largest absolute Gasteiger partial charge is 0.481 e. The maximum absolute atomic E-state index is 10.8. The van der Waals surface area contributed by atoms with Gasteiger partial charge < -0.3 is 10.8 Å². The molecule has 2 saturated carbocycles. The highest BCUT2D eigenvalue weighted by Gasteiger charge is 2.69. The summed E-state index contributed by atoms with van der Waals surface area (Å²) in [4.78, 5) is 10.8. The topological polar surface area (TPSA) is 63.3 Å². The van der Waals surface area contributed by atoms with Gasteiger partial charge in [-0.2, -0.15) is 0 Å². The fraction of sp³-hybridized carbons (Fsp3) is 0.909. The standard InChI is InChI=1S/C11H19NO2/c1-10(2)7-3-4-11(6-12,9(7)10)5-8(13)14/h7,9H,3-6,12H2,1-2H3,(H,13,14)/t7-,9-,11-/m0/s1. The van der Waals surface area contributed by atoms with E-state index >= 15 is 0 Å². The smallest absolute Gasteiger partial charge is 0.303 e. The first-order chi connectivity index (χ1) is 6.44. The highest BCUT2D eigenvalue weighted by atomic mass is 16.4. The van der Waals surface area contributed by atoms with Crippen molar-refractivity contribution in [3.63, 3.8) is 0 Å². The molecule has 2 aliphatic rings. The van der Waals surface area contributed by atoms with Crippen LogP contribution in [-0.4, -0.2) is 17.6 Å². The predicted molar refractivity (Wildman–Crippen MR) is 53.7 cm³/mol. The lowest BCUT2D eigenvalue weighted by Crippen LogP contribution is -2.35. The second-order valence-corrected chi connectivity index (χ2v) is 5.58. The summed E-state index contributed by atoms with van der Waals surface area (Å²) in [6, 6.07) is 0. The fourth-order valence-corrected chi connectivity index (χ4v) is 3.90. The van der Waals surface area contributed by atoms with Crippen molar-refractivity contribution in [2.45, 2.75) is 33.1 Å². The number of hydrogen-bond acceptors (Lipinski definition) is 2. The molecule has 0 aromatic heterocycles. The van der Waals surface area contributed by atoms with Crippen LogP contribution in [0.15, 0.2) is 0 Å². The van der Waals surface area contributed by atoms with Crippen molar-refractivity contribution >= 4 is 5.97 Å². The molecule has 0 saturated heterocycles. The first-order valence-electron chi connectivity index (χ1n) is 5.36. The van der Waals surface area contributed by atoms with Gasteiger partial charge in [0, 0.05) is 0 Å². The van der Waals surface area contributed by atoms with Crippen molar-refractivity contribution < 1.29 is 9.90 Å². The average Bonchev–Trinajstić information content (AvgIpc) is 2.48. The van der Waals surface area contributed by atoms with Crippen molar-refractivity contribution in [3.8, 4) is 0 Å². The van der Waals surface area contributed by atoms with Gasteiger partial charge in [-0.25, -0.2) is 0 Å². The van der Waals surface area contributed by atoms with Crippen molar-refractivity contribution in [1.82, 2.24) is 0 Å². The zero-order chi connectivity index (χ0) is 10.6. The number of fused-ring (bicyclic) bond motifs is 1. The van der Waals surface area contributed by atoms with E-state index in [4.69, 9.17) is 10.8 Å². The van der Waals surface area contributed by atoms with Crippen LogP contribution >= 0.6 is 0 Å². The number of hydrogen-bond donors (Lipinski definition) is 2. The molecule has 0 amide bonds. The highest BCUT2D eigenvalue weighted by Crippen LogP contribution is 2.74. The average molecular weight is 197 g/mol. The number of carboxylic acid groups (broad SMARTS) is 1. The number of carboxylic acids is 1. The zero-order valence-electron chi connectivity index (χ0n) is 8.92. The van der Waals surface area contributed by atoms with E-state index in [0.29, 0.717) is 17.9 Å². The van der Waals surface area contributed by atoms with Crippen molar-refractivity contribution in [3.05, 3.63) is 0 Å². The van der Waals surface area contributed by atoms with Crippen LogP contribution in [0.1, 0.15) is 33.1 Å². The van der Waals surface area contributed by atoms with Crippen LogP contribution in [0.2, 0.25) is 0 Å². The monoisotopic (exact) mass is 197 g/mol. The van der Waals surface area contributed by atoms with Gasteiger partial charge in [0.2, 0.25) is 0 Å². The molecule has 2 aliphatic carbocycles. The predicted octanol–water partition coefficient (Wildman–Crippen LogP) is 1.47. The Kier molecular flexibility index (Phi) is 1.94. The highest BCUT2D eigenvalue weighted by molar-refractivity contribution is 5.68. The van der Waals surface area contributed by atoms with Crippen LogP contribution < -0.4 is 5.73 Å². The second-order valence-electron chi connectivity index (χ2n) is 5.58. The number of rotatable bonds is 3. The van der Waals surface area contributed by atoms with E-state index in [0.717, 1.165) is 12.3 Å². The first kappa shape index (κ1) is 9.97. The van der Waals surface area contributed by atoms with Gasteiger partial charge in [-0.1, -0.05) is 13.8 Å². The van der Waals surface area contributed by atoms with Gasteiger partial charge in [0.1, 0.15) is 0 Å². The minimum absolute atomic E-state index is 0.0972. The summed E-state index contributed by atoms with van der Waals surface area (Å²) < 4.78 is 0. The Hall–Kier alpha value is -0.570. The van der Waals surface area contributed by atoms with E-state index in [-0.39, 0.29) is 11.8 Å². The number of carbonyl (C=O) groups is 1. The maximum Gasteiger partial charge on any atom is 0.303 e. The molecule has 0 unspecified atom stereocenters. The molecule has 0 bridgehead atoms. The molecule has 3 atom stereocenters. The van der Waals surface area contributed by atoms with E-state index in [2.05, 4.69) is 13.8 Å². The summed E-state index contributed by atoms with van der Waals surface area (Å²) in [6.45, 7) is 5.02. The molecule has 2 fully saturated rings. The quantitative estimate of drug-likeness (QED) is 0.720. The third kappa shape index (κ3) is 1.11. The Labute approximate surface area is 84.7 Å². The molecule has 2 rings (SSSR count). The summed E-state index contributed by atoms with van der Waals surface area (Å²) in [5.41, 5.74) is 6.04. The van der Waals surface area contributed by atoms with Crippen molar-refractivity contribution in [1.29, 1.82) is 0 Å². The Morgan fingerprint density at radius 3 is 2.57 bits per heavy atom. The third-order valence-corrected chi connectivity index (χ3v) is 4.57. The Morgan fingerprint density at radius 1 is 1.57 bits per heavy atom. The Bertz CT molecular complexity index is 274. The fourth-order valence-electron chi connectivity index (χ4n) is 3.90. The number of aliphatic carboxylic acids is 1. The van der Waals surface area contributed by atoms with Crippen LogP contribution in [0.5, 0.6) is 0 Å². The molecular weight excluding hydrogens is 178 g/mol. The third-order valence-electron chi connectivity index (χ3n) is 4.57. The van der Waals surface area contributed by atoms with E-state index in [1.165, 1.54) is 6.42 Å². The summed E-state index contributed by atoms with van der Waals surface area (Å²) in [6.07, 6.45) is 2.44. The number of nitrogens with two attached hydrogens (primary N) is 1. The lowest BCUT2D eigenvalue weighted by Gasteiger charge is -2.31. The van der Waals surface area contributed by atoms with E-state index in [9.17, 15) is 4.79 Å². The normalized spacial score (nSPS) is 43.4. The molecule has 0 heterocycles. The van der Waals surface area contributed by atoms with E-state index < -0.39 is 5.97 Å². The van der Waals surface area contributed by atoms with E-state index in [1.807, 2.05) is 0 Å². The van der Waals surface area contributed by atoms with Crippen LogP contribution in [0.3, 0.4) is 0 Å². The lowest BCUT2D eigenvalue weighted by atomic mass is 9.75. The van der Waals surface area contributed by atoms with Gasteiger partial charge in [0.05, 0.1) is 6.42 Å². The molecule has 3 nitrogen and oxygen atoms in total. The Balaban J connectivity index is 2.18. The zero-order valence-corrected chi connectivity index (χ0v) is 8.92. The van der Waals surface area contributed by atoms with Gasteiger partial charge in [0.25, 0.3) is 0 Å². The first-order valence-corrected chi connectivity index (χ1v) is 5.36. The van der Waals surface area contributed by atoms with Gasteiger partial charge in [-0.3, -0.25) is 4.79 Å². The second kappa shape index (κ2) is 2.72. The molecule has 0 aliphatic heterocycles. The molecule has 3 N–H and O–H groups in total. The molecule has 14 heavy (non-hydrogen) atoms. The summed E-state index contributed by atoms with van der Waals surface area (Å²) in [5, 5.41) is 8.92. The minimum atomic E-state index is -0.696. The summed E-state index contributed by atoms with van der Waals surface area (Å²) >= 11 is 0. The van der Waals surface area contributed by atoms with Crippen LogP contribution in [0, 0.1) is 22.7 Å². The minimum Gasteiger partial charge on any atom is -0.481 e. The van der Waals surface area contributed by atoms with Crippen LogP contribution in [0.4, 0.5) is 0 Å². The molecule has 0 radical (unpaired) electrons. The van der Waals surface area contributed by atoms with Gasteiger partial charge in [-0.05, 0) is 42.1 Å². The Morgan fingerprint density at radius 2 is 2.21 bits per heavy atom. The van der Waals surface area contributed by atoms with Gasteiger partial charge in [0.15, 0.2) is 0 Å². The maximum atomic E-state index is 10.8. The SMILES string of the molecule is CC1(C)[C@H]2CC[C@@](CN)(CC(=O)O)[C@@H]21. The van der Waals surface area contributed by atoms with Gasteiger partial charge in [-0.15, -0.1) is 0 Å². The molecule has 0 spiro atoms. The van der Waals surface area contributed by atoms with Crippen molar-refractivity contribution in [2.24, 2.45) is 28.4 Å².